The van der Waals surface area contributed by atoms with Crippen LogP contribution in [0.5, 0.6) is 5.75 Å². The van der Waals surface area contributed by atoms with Crippen molar-refractivity contribution in [2.24, 2.45) is 5.92 Å². The summed E-state index contributed by atoms with van der Waals surface area (Å²) in [7, 11) is 0. The van der Waals surface area contributed by atoms with E-state index in [1.165, 1.54) is 23.3 Å². The third-order valence-electron chi connectivity index (χ3n) is 5.07. The minimum absolute atomic E-state index is 0.635. The molecule has 1 N–H and O–H groups in total. The van der Waals surface area contributed by atoms with Crippen LogP contribution in [0.4, 0.5) is 0 Å². The number of likely N-dealkylation sites (tertiary alicyclic amines) is 1. The van der Waals surface area contributed by atoms with Crippen molar-refractivity contribution in [2.45, 2.75) is 38.9 Å². The molecule has 0 amide bonds. The highest BCUT2D eigenvalue weighted by atomic mass is 16.6. The van der Waals surface area contributed by atoms with E-state index in [-0.39, 0.29) is 0 Å². The smallest absolute Gasteiger partial charge is 0.206 e. The Morgan fingerprint density at radius 2 is 1.56 bits per heavy atom. The van der Waals surface area contributed by atoms with E-state index in [1.54, 1.807) is 6.92 Å². The summed E-state index contributed by atoms with van der Waals surface area (Å²) in [4.78, 5) is 2.42. The van der Waals surface area contributed by atoms with Gasteiger partial charge in [0, 0.05) is 19.9 Å². The van der Waals surface area contributed by atoms with Crippen molar-refractivity contribution < 1.29 is 9.84 Å². The van der Waals surface area contributed by atoms with Gasteiger partial charge < -0.3 is 14.7 Å². The number of nitrogens with zero attached hydrogens (tertiary/aromatic N) is 1. The summed E-state index contributed by atoms with van der Waals surface area (Å²) in [5.74, 6) is 0.474. The van der Waals surface area contributed by atoms with Crippen LogP contribution in [0.15, 0.2) is 54.6 Å². The molecule has 3 nitrogen and oxygen atoms in total. The number of hydrogen-bond acceptors (Lipinski definition) is 3. The minimum atomic E-state index is -1.09. The molecule has 1 aromatic rings. The van der Waals surface area contributed by atoms with Crippen LogP contribution in [0.25, 0.3) is 0 Å². The first-order valence-corrected chi connectivity index (χ1v) is 9.31. The van der Waals surface area contributed by atoms with Gasteiger partial charge in [-0.3, -0.25) is 0 Å². The van der Waals surface area contributed by atoms with Crippen molar-refractivity contribution >= 4 is 0 Å². The predicted molar refractivity (Wildman–Crippen MR) is 101 cm³/mol. The Labute approximate surface area is 150 Å². The number of aliphatic hydroxyl groups is 1. The molecule has 1 aliphatic heterocycles. The van der Waals surface area contributed by atoms with Crippen LogP contribution in [0.2, 0.25) is 0 Å². The number of para-hydroxylation sites is 1. The fraction of sp³-hybridized carbons (Fsp3) is 0.455. The van der Waals surface area contributed by atoms with Crippen LogP contribution in [0, 0.1) is 16.4 Å². The van der Waals surface area contributed by atoms with Crippen molar-refractivity contribution in [1.82, 2.24) is 4.90 Å². The van der Waals surface area contributed by atoms with Crippen molar-refractivity contribution in [3.63, 3.8) is 0 Å². The lowest BCUT2D eigenvalue weighted by atomic mass is 9.99. The average molecular weight is 339 g/mol. The lowest BCUT2D eigenvalue weighted by Crippen LogP contribution is -2.40. The molecule has 0 spiro atoms. The van der Waals surface area contributed by atoms with E-state index >= 15 is 0 Å². The van der Waals surface area contributed by atoms with Gasteiger partial charge in [0.1, 0.15) is 5.75 Å². The van der Waals surface area contributed by atoms with Gasteiger partial charge in [0.25, 0.3) is 0 Å². The maximum atomic E-state index is 10.3. The molecule has 1 heterocycles. The molecule has 1 unspecified atom stereocenters. The maximum Gasteiger partial charge on any atom is 0.206 e. The Balaban J connectivity index is 0.000000250. The van der Waals surface area contributed by atoms with Gasteiger partial charge in [0.2, 0.25) is 5.79 Å². The molecule has 0 bridgehead atoms. The Morgan fingerprint density at radius 3 is 2.04 bits per heavy atom. The molecule has 4 rings (SSSR count). The highest BCUT2D eigenvalue weighted by molar-refractivity contribution is 5.22. The van der Waals surface area contributed by atoms with Crippen LogP contribution in [-0.2, 0) is 0 Å². The first kappa shape index (κ1) is 18.0. The predicted octanol–water partition coefficient (Wildman–Crippen LogP) is 4.18. The standard InChI is InChI=1S/C16H25NO2.C6H4/c1-14-8-11-17(12-9-14)13-10-16(2,18)19-15-6-4-3-5-7-15;1-2-6-4-3-5(1)6/h3-7,14,18H,8-13H2,1-2H3;1-4H. The fourth-order valence-electron chi connectivity index (χ4n) is 3.11. The van der Waals surface area contributed by atoms with Gasteiger partial charge in [-0.15, -0.1) is 0 Å². The summed E-state index contributed by atoms with van der Waals surface area (Å²) < 4.78 is 5.64. The molecule has 25 heavy (non-hydrogen) atoms. The quantitative estimate of drug-likeness (QED) is 0.708. The summed E-state index contributed by atoms with van der Waals surface area (Å²) in [5, 5.41) is 13.2. The second kappa shape index (κ2) is 8.03. The largest absolute Gasteiger partial charge is 0.463 e. The lowest BCUT2D eigenvalue weighted by Gasteiger charge is -2.33. The van der Waals surface area contributed by atoms with Crippen LogP contribution >= 0.6 is 0 Å². The van der Waals surface area contributed by atoms with Crippen LogP contribution in [0.1, 0.15) is 33.1 Å². The molecule has 134 valence electrons. The SMILES string of the molecule is CC1CCN(CCC(C)(O)Oc2ccccc2)CC1.c1cc2ccc1=2. The van der Waals surface area contributed by atoms with E-state index in [0.29, 0.717) is 6.42 Å². The van der Waals surface area contributed by atoms with Crippen LogP contribution < -0.4 is 4.74 Å². The summed E-state index contributed by atoms with van der Waals surface area (Å²) in [6.45, 7) is 7.23. The number of benzene rings is 2. The number of hydrogen-bond donors (Lipinski definition) is 1. The molecule has 1 saturated heterocycles. The van der Waals surface area contributed by atoms with Crippen molar-refractivity contribution in [3.8, 4) is 5.75 Å². The molecule has 1 fully saturated rings. The fourth-order valence-corrected chi connectivity index (χ4v) is 3.11. The van der Waals surface area contributed by atoms with E-state index in [4.69, 9.17) is 4.74 Å². The zero-order valence-electron chi connectivity index (χ0n) is 15.3. The van der Waals surface area contributed by atoms with Crippen LogP contribution in [0.3, 0.4) is 0 Å². The van der Waals surface area contributed by atoms with Gasteiger partial charge in [-0.1, -0.05) is 49.4 Å². The zero-order chi connectivity index (χ0) is 17.7. The first-order chi connectivity index (χ1) is 12.0. The van der Waals surface area contributed by atoms with Gasteiger partial charge in [-0.2, -0.15) is 0 Å². The van der Waals surface area contributed by atoms with Gasteiger partial charge >= 0.3 is 0 Å². The summed E-state index contributed by atoms with van der Waals surface area (Å²) >= 11 is 0. The molecule has 3 heteroatoms. The van der Waals surface area contributed by atoms with Gasteiger partial charge in [-0.05, 0) is 54.4 Å². The second-order valence-electron chi connectivity index (χ2n) is 7.44. The van der Waals surface area contributed by atoms with Crippen LogP contribution in [-0.4, -0.2) is 35.4 Å². The third-order valence-corrected chi connectivity index (χ3v) is 5.07. The maximum absolute atomic E-state index is 10.3. The normalized spacial score (nSPS) is 18.7. The number of ether oxygens (including phenoxy) is 1. The van der Waals surface area contributed by atoms with Gasteiger partial charge in [-0.25, -0.2) is 0 Å². The highest BCUT2D eigenvalue weighted by Gasteiger charge is 2.24. The summed E-state index contributed by atoms with van der Waals surface area (Å²) in [5.41, 5.74) is 0. The van der Waals surface area contributed by atoms with E-state index in [9.17, 15) is 5.11 Å². The molecule has 2 aliphatic carbocycles. The average Bonchev–Trinajstić information content (AvgIpc) is 2.59. The lowest BCUT2D eigenvalue weighted by molar-refractivity contribution is -0.130. The topological polar surface area (TPSA) is 32.7 Å². The molecule has 0 aromatic heterocycles. The Kier molecular flexibility index (Phi) is 5.77. The summed E-state index contributed by atoms with van der Waals surface area (Å²) in [6.07, 6.45) is 3.17. The first-order valence-electron chi connectivity index (χ1n) is 9.31. The molecule has 3 aliphatic rings. The Bertz CT molecular complexity index is 699. The van der Waals surface area contributed by atoms with E-state index in [0.717, 1.165) is 31.3 Å². The van der Waals surface area contributed by atoms with E-state index < -0.39 is 5.79 Å². The van der Waals surface area contributed by atoms with Crippen molar-refractivity contribution in [1.29, 1.82) is 0 Å². The monoisotopic (exact) mass is 339 g/mol. The molecule has 1 atom stereocenters. The molecular formula is C22H29NO2. The van der Waals surface area contributed by atoms with Crippen molar-refractivity contribution in [2.75, 3.05) is 19.6 Å². The van der Waals surface area contributed by atoms with Gasteiger partial charge in [0.05, 0.1) is 0 Å². The summed E-state index contributed by atoms with van der Waals surface area (Å²) in [6, 6.07) is 18.0. The second-order valence-corrected chi connectivity index (χ2v) is 7.44. The zero-order valence-corrected chi connectivity index (χ0v) is 15.3. The van der Waals surface area contributed by atoms with Gasteiger partial charge in [0.15, 0.2) is 0 Å². The van der Waals surface area contributed by atoms with E-state index in [2.05, 4.69) is 36.1 Å². The van der Waals surface area contributed by atoms with Crippen molar-refractivity contribution in [3.05, 3.63) is 65.0 Å². The Morgan fingerprint density at radius 1 is 1.00 bits per heavy atom. The minimum Gasteiger partial charge on any atom is -0.463 e. The molecule has 1 aromatic carbocycles. The molecule has 0 radical (unpaired) electrons. The Hall–Kier alpha value is -1.84. The third kappa shape index (κ3) is 5.32. The number of rotatable bonds is 5. The molecule has 0 saturated carbocycles. The van der Waals surface area contributed by atoms with E-state index in [1.807, 2.05) is 30.3 Å². The highest BCUT2D eigenvalue weighted by Crippen LogP contribution is 2.21. The number of piperidine rings is 1. The molecular weight excluding hydrogens is 310 g/mol.